The smallest absolute Gasteiger partial charge is 0.227 e. The van der Waals surface area contributed by atoms with Crippen molar-refractivity contribution in [2.45, 2.75) is 32.4 Å². The predicted molar refractivity (Wildman–Crippen MR) is 106 cm³/mol. The number of nitrogens with zero attached hydrogens (tertiary/aromatic N) is 1. The number of benzene rings is 2. The first-order chi connectivity index (χ1) is 13.0. The fraction of sp³-hybridized carbons (Fsp3) is 0.409. The number of ether oxygens (including phenoxy) is 2. The normalized spacial score (nSPS) is 18.4. The quantitative estimate of drug-likeness (QED) is 0.880. The molecule has 2 aromatic rings. The van der Waals surface area contributed by atoms with E-state index in [1.807, 2.05) is 49.1 Å². The zero-order valence-electron chi connectivity index (χ0n) is 16.4. The topological polar surface area (TPSA) is 64.8 Å². The van der Waals surface area contributed by atoms with Crippen molar-refractivity contribution in [2.75, 3.05) is 20.8 Å². The number of rotatable bonds is 5. The van der Waals surface area contributed by atoms with Gasteiger partial charge in [0.05, 0.1) is 26.2 Å². The highest BCUT2D eigenvalue weighted by molar-refractivity contribution is 5.80. The van der Waals surface area contributed by atoms with Crippen molar-refractivity contribution in [3.63, 3.8) is 0 Å². The largest absolute Gasteiger partial charge is 0.493 e. The molecule has 27 heavy (non-hydrogen) atoms. The molecule has 3 atom stereocenters. The number of hydrogen-bond acceptors (Lipinski definition) is 4. The molecule has 2 N–H and O–H groups in total. The summed E-state index contributed by atoms with van der Waals surface area (Å²) in [5, 5.41) is 0. The predicted octanol–water partition coefficient (Wildman–Crippen LogP) is 3.16. The molecule has 0 bridgehead atoms. The van der Waals surface area contributed by atoms with Gasteiger partial charge in [0.25, 0.3) is 0 Å². The Labute approximate surface area is 161 Å². The second-order valence-electron chi connectivity index (χ2n) is 7.15. The Morgan fingerprint density at radius 3 is 2.33 bits per heavy atom. The first-order valence-electron chi connectivity index (χ1n) is 9.33. The van der Waals surface area contributed by atoms with Crippen molar-refractivity contribution in [3.8, 4) is 11.5 Å². The van der Waals surface area contributed by atoms with E-state index in [-0.39, 0.29) is 23.9 Å². The van der Waals surface area contributed by atoms with Crippen molar-refractivity contribution in [2.24, 2.45) is 11.7 Å². The summed E-state index contributed by atoms with van der Waals surface area (Å²) >= 11 is 0. The standard InChI is InChI=1S/C22H28N2O3/c1-14(15(2)23)22(25)24-11-10-17-12-19(26-3)20(27-4)13-18(17)21(24)16-8-6-5-7-9-16/h5-9,12-15,21H,10-11,23H2,1-4H3. The summed E-state index contributed by atoms with van der Waals surface area (Å²) < 4.78 is 11.0. The maximum atomic E-state index is 13.2. The van der Waals surface area contributed by atoms with Crippen LogP contribution in [0.15, 0.2) is 42.5 Å². The van der Waals surface area contributed by atoms with Gasteiger partial charge in [0, 0.05) is 12.6 Å². The zero-order valence-corrected chi connectivity index (χ0v) is 16.4. The Morgan fingerprint density at radius 2 is 1.74 bits per heavy atom. The van der Waals surface area contributed by atoms with Gasteiger partial charge in [-0.05, 0) is 42.2 Å². The Balaban J connectivity index is 2.12. The maximum Gasteiger partial charge on any atom is 0.227 e. The number of fused-ring (bicyclic) bond motifs is 1. The monoisotopic (exact) mass is 368 g/mol. The van der Waals surface area contributed by atoms with Crippen LogP contribution in [0.4, 0.5) is 0 Å². The lowest BCUT2D eigenvalue weighted by Gasteiger charge is -2.40. The Bertz CT molecular complexity index is 805. The summed E-state index contributed by atoms with van der Waals surface area (Å²) in [6.07, 6.45) is 0.774. The van der Waals surface area contributed by atoms with Crippen LogP contribution < -0.4 is 15.2 Å². The minimum atomic E-state index is -0.238. The summed E-state index contributed by atoms with van der Waals surface area (Å²) in [7, 11) is 3.27. The molecule has 0 radical (unpaired) electrons. The molecule has 1 heterocycles. The molecular formula is C22H28N2O3. The van der Waals surface area contributed by atoms with E-state index in [9.17, 15) is 4.79 Å². The number of hydrogen-bond donors (Lipinski definition) is 1. The van der Waals surface area contributed by atoms with Crippen molar-refractivity contribution in [3.05, 3.63) is 59.2 Å². The summed E-state index contributed by atoms with van der Waals surface area (Å²) in [6.45, 7) is 4.43. The van der Waals surface area contributed by atoms with Gasteiger partial charge in [0.2, 0.25) is 5.91 Å². The van der Waals surface area contributed by atoms with Crippen LogP contribution in [0.1, 0.15) is 36.6 Å². The molecule has 0 fully saturated rings. The van der Waals surface area contributed by atoms with E-state index in [0.29, 0.717) is 18.0 Å². The van der Waals surface area contributed by atoms with Crippen LogP contribution in [-0.2, 0) is 11.2 Å². The lowest BCUT2D eigenvalue weighted by molar-refractivity contribution is -0.137. The third kappa shape index (κ3) is 3.65. The van der Waals surface area contributed by atoms with Gasteiger partial charge in [-0.1, -0.05) is 37.3 Å². The van der Waals surface area contributed by atoms with Gasteiger partial charge in [-0.15, -0.1) is 0 Å². The van der Waals surface area contributed by atoms with Gasteiger partial charge < -0.3 is 20.1 Å². The van der Waals surface area contributed by atoms with Gasteiger partial charge in [-0.3, -0.25) is 4.79 Å². The van der Waals surface area contributed by atoms with Gasteiger partial charge >= 0.3 is 0 Å². The molecule has 0 spiro atoms. The molecule has 0 aliphatic carbocycles. The number of amides is 1. The molecule has 2 aromatic carbocycles. The first-order valence-corrected chi connectivity index (χ1v) is 9.33. The molecular weight excluding hydrogens is 340 g/mol. The second kappa shape index (κ2) is 8.01. The summed E-state index contributed by atoms with van der Waals surface area (Å²) in [4.78, 5) is 15.2. The van der Waals surface area contributed by atoms with Gasteiger partial charge in [-0.2, -0.15) is 0 Å². The number of carbonyl (C=O) groups is 1. The van der Waals surface area contributed by atoms with Crippen LogP contribution in [0.2, 0.25) is 0 Å². The van der Waals surface area contributed by atoms with Crippen molar-refractivity contribution >= 4 is 5.91 Å². The van der Waals surface area contributed by atoms with Crippen molar-refractivity contribution < 1.29 is 14.3 Å². The fourth-order valence-electron chi connectivity index (χ4n) is 3.66. The average molecular weight is 368 g/mol. The van der Waals surface area contributed by atoms with Gasteiger partial charge in [-0.25, -0.2) is 0 Å². The summed E-state index contributed by atoms with van der Waals surface area (Å²) in [6, 6.07) is 13.8. The number of methoxy groups -OCH3 is 2. The van der Waals surface area contributed by atoms with E-state index in [1.54, 1.807) is 14.2 Å². The highest BCUT2D eigenvalue weighted by Gasteiger charge is 2.35. The molecule has 1 aliphatic rings. The number of nitrogens with two attached hydrogens (primary N) is 1. The van der Waals surface area contributed by atoms with Crippen LogP contribution in [0.3, 0.4) is 0 Å². The molecule has 3 rings (SSSR count). The highest BCUT2D eigenvalue weighted by Crippen LogP contribution is 2.41. The molecule has 0 saturated carbocycles. The van der Waals surface area contributed by atoms with E-state index in [0.717, 1.165) is 17.5 Å². The molecule has 1 amide bonds. The maximum absolute atomic E-state index is 13.2. The van der Waals surface area contributed by atoms with Crippen LogP contribution in [0.5, 0.6) is 11.5 Å². The van der Waals surface area contributed by atoms with E-state index in [1.165, 1.54) is 5.56 Å². The van der Waals surface area contributed by atoms with E-state index in [4.69, 9.17) is 15.2 Å². The van der Waals surface area contributed by atoms with Crippen LogP contribution >= 0.6 is 0 Å². The molecule has 3 unspecified atom stereocenters. The third-order valence-corrected chi connectivity index (χ3v) is 5.45. The van der Waals surface area contributed by atoms with E-state index >= 15 is 0 Å². The van der Waals surface area contributed by atoms with E-state index in [2.05, 4.69) is 12.1 Å². The molecule has 5 nitrogen and oxygen atoms in total. The first kappa shape index (κ1) is 19.2. The van der Waals surface area contributed by atoms with E-state index < -0.39 is 0 Å². The molecule has 144 valence electrons. The zero-order chi connectivity index (χ0) is 19.6. The fourth-order valence-corrected chi connectivity index (χ4v) is 3.66. The molecule has 0 aromatic heterocycles. The highest BCUT2D eigenvalue weighted by atomic mass is 16.5. The van der Waals surface area contributed by atoms with Crippen LogP contribution in [0.25, 0.3) is 0 Å². The minimum absolute atomic E-state index is 0.0827. The third-order valence-electron chi connectivity index (χ3n) is 5.45. The summed E-state index contributed by atoms with van der Waals surface area (Å²) in [5.41, 5.74) is 9.36. The Kier molecular flexibility index (Phi) is 5.71. The van der Waals surface area contributed by atoms with Gasteiger partial charge in [0.15, 0.2) is 11.5 Å². The van der Waals surface area contributed by atoms with Gasteiger partial charge in [0.1, 0.15) is 0 Å². The Morgan fingerprint density at radius 1 is 1.11 bits per heavy atom. The lowest BCUT2D eigenvalue weighted by atomic mass is 9.86. The van der Waals surface area contributed by atoms with Crippen molar-refractivity contribution in [1.82, 2.24) is 4.90 Å². The number of carbonyl (C=O) groups excluding carboxylic acids is 1. The molecule has 5 heteroatoms. The minimum Gasteiger partial charge on any atom is -0.493 e. The Hall–Kier alpha value is -2.53. The average Bonchev–Trinajstić information content (AvgIpc) is 2.71. The second-order valence-corrected chi connectivity index (χ2v) is 7.15. The molecule has 0 saturated heterocycles. The van der Waals surface area contributed by atoms with Crippen LogP contribution in [-0.4, -0.2) is 37.6 Å². The summed E-state index contributed by atoms with van der Waals surface area (Å²) in [5.74, 6) is 1.23. The van der Waals surface area contributed by atoms with Crippen molar-refractivity contribution in [1.29, 1.82) is 0 Å². The SMILES string of the molecule is COc1cc2c(cc1OC)C(c1ccccc1)N(C(=O)C(C)C(C)N)CC2. The lowest BCUT2D eigenvalue weighted by Crippen LogP contribution is -2.46. The molecule has 1 aliphatic heterocycles. The van der Waals surface area contributed by atoms with Crippen LogP contribution in [0, 0.1) is 5.92 Å².